The van der Waals surface area contributed by atoms with Gasteiger partial charge in [0.1, 0.15) is 6.07 Å². The summed E-state index contributed by atoms with van der Waals surface area (Å²) in [5, 5.41) is 28.1. The summed E-state index contributed by atoms with van der Waals surface area (Å²) < 4.78 is 5.64. The van der Waals surface area contributed by atoms with Crippen LogP contribution in [0.2, 0.25) is 10.0 Å². The molecule has 166 valence electrons. The van der Waals surface area contributed by atoms with Crippen molar-refractivity contribution in [2.75, 3.05) is 12.0 Å². The SMILES string of the molecule is CCN(C(=O)O)C(=O)/C(C#N)=N/Nc1cc(Cl)c(Oc2cc(C3CC3)c(=O)[nH]n2)c(Cl)c1. The van der Waals surface area contributed by atoms with Gasteiger partial charge < -0.3 is 9.84 Å². The van der Waals surface area contributed by atoms with Crippen LogP contribution in [0.4, 0.5) is 10.5 Å². The molecule has 0 saturated heterocycles. The molecule has 2 aromatic rings. The minimum Gasteiger partial charge on any atom is -0.465 e. The number of anilines is 1. The van der Waals surface area contributed by atoms with Gasteiger partial charge in [0.15, 0.2) is 5.75 Å². The molecule has 0 spiro atoms. The molecule has 3 N–H and O–H groups in total. The number of ether oxygens (including phenoxy) is 1. The average Bonchev–Trinajstić information content (AvgIpc) is 3.58. The van der Waals surface area contributed by atoms with Crippen LogP contribution in [0.15, 0.2) is 28.1 Å². The van der Waals surface area contributed by atoms with Crippen LogP contribution in [0.25, 0.3) is 0 Å². The Morgan fingerprint density at radius 3 is 2.56 bits per heavy atom. The second-order valence-electron chi connectivity index (χ2n) is 6.65. The first-order chi connectivity index (χ1) is 15.2. The van der Waals surface area contributed by atoms with Gasteiger partial charge in [0.25, 0.3) is 11.5 Å². The third kappa shape index (κ3) is 5.16. The van der Waals surface area contributed by atoms with E-state index < -0.39 is 17.7 Å². The number of carbonyl (C=O) groups is 2. The number of amides is 2. The van der Waals surface area contributed by atoms with E-state index >= 15 is 0 Å². The molecule has 1 aliphatic carbocycles. The molecule has 1 fully saturated rings. The summed E-state index contributed by atoms with van der Waals surface area (Å²) in [5.74, 6) is -0.715. The first-order valence-electron chi connectivity index (χ1n) is 9.30. The van der Waals surface area contributed by atoms with Crippen molar-refractivity contribution in [2.24, 2.45) is 5.10 Å². The van der Waals surface area contributed by atoms with E-state index in [4.69, 9.17) is 38.3 Å². The van der Waals surface area contributed by atoms with Crippen molar-refractivity contribution in [1.29, 1.82) is 5.26 Å². The third-order valence-electron chi connectivity index (χ3n) is 4.43. The molecule has 1 heterocycles. The zero-order chi connectivity index (χ0) is 23.4. The lowest BCUT2D eigenvalue weighted by Crippen LogP contribution is -2.40. The van der Waals surface area contributed by atoms with Crippen LogP contribution in [-0.2, 0) is 4.79 Å². The molecule has 32 heavy (non-hydrogen) atoms. The molecule has 3 rings (SSSR count). The van der Waals surface area contributed by atoms with Gasteiger partial charge in [-0.05, 0) is 37.8 Å². The fourth-order valence-electron chi connectivity index (χ4n) is 2.71. The van der Waals surface area contributed by atoms with E-state index in [1.807, 2.05) is 0 Å². The summed E-state index contributed by atoms with van der Waals surface area (Å²) in [7, 11) is 0. The van der Waals surface area contributed by atoms with Crippen molar-refractivity contribution in [3.05, 3.63) is 44.2 Å². The average molecular weight is 479 g/mol. The van der Waals surface area contributed by atoms with E-state index in [-0.39, 0.29) is 45.4 Å². The maximum absolute atomic E-state index is 12.1. The maximum Gasteiger partial charge on any atom is 0.414 e. The number of rotatable bonds is 7. The van der Waals surface area contributed by atoms with Gasteiger partial charge in [-0.15, -0.1) is 5.10 Å². The molecule has 0 bridgehead atoms. The maximum atomic E-state index is 12.1. The molecule has 13 heteroatoms. The number of nitriles is 1. The minimum atomic E-state index is -1.51. The number of hydrogen-bond donors (Lipinski definition) is 3. The Morgan fingerprint density at radius 1 is 1.38 bits per heavy atom. The standard InChI is InChI=1S/C19H16Cl2N6O5/c1-2-27(19(30)31)18(29)14(8-22)24-23-10-5-12(20)16(13(21)6-10)32-15-7-11(9-3-4-9)17(28)26-25-15/h5-7,9,23H,2-4H2,1H3,(H,26,28)(H,30,31)/b24-14+. The fourth-order valence-corrected chi connectivity index (χ4v) is 3.28. The van der Waals surface area contributed by atoms with Crippen molar-refractivity contribution in [3.63, 3.8) is 0 Å². The number of aromatic nitrogens is 2. The minimum absolute atomic E-state index is 0.0572. The number of nitrogens with zero attached hydrogens (tertiary/aromatic N) is 4. The lowest BCUT2D eigenvalue weighted by atomic mass is 10.2. The summed E-state index contributed by atoms with van der Waals surface area (Å²) in [6, 6.07) is 5.82. The number of nitrogens with one attached hydrogen (secondary N) is 2. The van der Waals surface area contributed by atoms with Crippen LogP contribution >= 0.6 is 23.2 Å². The molecule has 11 nitrogen and oxygen atoms in total. The van der Waals surface area contributed by atoms with Crippen molar-refractivity contribution < 1.29 is 19.4 Å². The predicted molar refractivity (Wildman–Crippen MR) is 115 cm³/mol. The van der Waals surface area contributed by atoms with Crippen LogP contribution in [0.5, 0.6) is 11.6 Å². The first-order valence-corrected chi connectivity index (χ1v) is 10.1. The van der Waals surface area contributed by atoms with Crippen molar-refractivity contribution in [3.8, 4) is 17.7 Å². The van der Waals surface area contributed by atoms with Crippen LogP contribution in [0.1, 0.15) is 31.2 Å². The summed E-state index contributed by atoms with van der Waals surface area (Å²) in [4.78, 5) is 35.5. The molecule has 1 aromatic carbocycles. The molecule has 1 aliphatic rings. The Bertz CT molecular complexity index is 1180. The molecule has 0 unspecified atom stereocenters. The molecule has 0 radical (unpaired) electrons. The van der Waals surface area contributed by atoms with Crippen LogP contribution in [0.3, 0.4) is 0 Å². The second kappa shape index (κ2) is 9.67. The number of benzene rings is 1. The highest BCUT2D eigenvalue weighted by Gasteiger charge is 2.27. The monoisotopic (exact) mass is 478 g/mol. The van der Waals surface area contributed by atoms with Gasteiger partial charge in [0.2, 0.25) is 11.6 Å². The highest BCUT2D eigenvalue weighted by molar-refractivity contribution is 6.46. The number of halogens is 2. The molecule has 2 amide bonds. The fraction of sp³-hybridized carbons (Fsp3) is 0.263. The smallest absolute Gasteiger partial charge is 0.414 e. The van der Waals surface area contributed by atoms with Crippen molar-refractivity contribution in [1.82, 2.24) is 15.1 Å². The molecule has 1 aromatic heterocycles. The first kappa shape index (κ1) is 23.1. The Kier molecular flexibility index (Phi) is 6.97. The predicted octanol–water partition coefficient (Wildman–Crippen LogP) is 3.56. The van der Waals surface area contributed by atoms with Gasteiger partial charge in [-0.25, -0.2) is 14.8 Å². The van der Waals surface area contributed by atoms with Crippen molar-refractivity contribution >= 4 is 46.6 Å². The van der Waals surface area contributed by atoms with Gasteiger partial charge in [0, 0.05) is 18.2 Å². The lowest BCUT2D eigenvalue weighted by Gasteiger charge is -2.13. The Hall–Kier alpha value is -3.62. The third-order valence-corrected chi connectivity index (χ3v) is 4.99. The number of aromatic amines is 1. The zero-order valence-corrected chi connectivity index (χ0v) is 18.1. The summed E-state index contributed by atoms with van der Waals surface area (Å²) in [5.41, 5.74) is 2.28. The molecular formula is C19H16Cl2N6O5. The van der Waals surface area contributed by atoms with Crippen LogP contribution in [0, 0.1) is 11.3 Å². The lowest BCUT2D eigenvalue weighted by molar-refractivity contribution is -0.121. The van der Waals surface area contributed by atoms with E-state index in [0.29, 0.717) is 10.5 Å². The topological polar surface area (TPSA) is 161 Å². The number of imide groups is 1. The quantitative estimate of drug-likeness (QED) is 0.401. The summed E-state index contributed by atoms with van der Waals surface area (Å²) >= 11 is 12.5. The van der Waals surface area contributed by atoms with E-state index in [9.17, 15) is 14.4 Å². The Labute approximate surface area is 191 Å². The summed E-state index contributed by atoms with van der Waals surface area (Å²) in [6.07, 6.45) is 0.337. The van der Waals surface area contributed by atoms with Gasteiger partial charge in [-0.1, -0.05) is 23.2 Å². The summed E-state index contributed by atoms with van der Waals surface area (Å²) in [6.45, 7) is 1.29. The van der Waals surface area contributed by atoms with E-state index in [1.165, 1.54) is 25.1 Å². The van der Waals surface area contributed by atoms with E-state index in [0.717, 1.165) is 12.8 Å². The highest BCUT2D eigenvalue weighted by Crippen LogP contribution is 2.41. The Morgan fingerprint density at radius 2 is 2.03 bits per heavy atom. The molecule has 0 atom stereocenters. The number of H-pyrrole nitrogens is 1. The number of hydrazone groups is 1. The van der Waals surface area contributed by atoms with Crippen LogP contribution in [-0.4, -0.2) is 44.5 Å². The zero-order valence-electron chi connectivity index (χ0n) is 16.6. The Balaban J connectivity index is 1.80. The largest absolute Gasteiger partial charge is 0.465 e. The van der Waals surface area contributed by atoms with Gasteiger partial charge in [-0.2, -0.15) is 10.4 Å². The van der Waals surface area contributed by atoms with Crippen LogP contribution < -0.4 is 15.7 Å². The number of carboxylic acid groups (broad SMARTS) is 1. The number of carbonyl (C=O) groups excluding carboxylic acids is 1. The normalized spacial score (nSPS) is 13.2. The van der Waals surface area contributed by atoms with Gasteiger partial charge in [0.05, 0.1) is 15.7 Å². The number of hydrogen-bond acceptors (Lipinski definition) is 8. The molecule has 0 aliphatic heterocycles. The van der Waals surface area contributed by atoms with Gasteiger partial charge >= 0.3 is 6.09 Å². The highest BCUT2D eigenvalue weighted by atomic mass is 35.5. The van der Waals surface area contributed by atoms with Crippen molar-refractivity contribution in [2.45, 2.75) is 25.7 Å². The van der Waals surface area contributed by atoms with E-state index in [1.54, 1.807) is 6.07 Å². The second-order valence-corrected chi connectivity index (χ2v) is 7.47. The van der Waals surface area contributed by atoms with Gasteiger partial charge in [-0.3, -0.25) is 15.0 Å². The molecular weight excluding hydrogens is 463 g/mol. The van der Waals surface area contributed by atoms with E-state index in [2.05, 4.69) is 20.7 Å². The molecule has 1 saturated carbocycles.